The third-order valence-electron chi connectivity index (χ3n) is 4.29. The SMILES string of the molecule is COC(=O)CCNC(=O)[C@@H]1OP(=O)(NCCc2ccc(F)cc2)OCC1(C)C. The van der Waals surface area contributed by atoms with Crippen LogP contribution in [0.3, 0.4) is 0 Å². The maximum Gasteiger partial charge on any atom is 0.406 e. The van der Waals surface area contributed by atoms with Gasteiger partial charge in [-0.25, -0.2) is 14.0 Å². The second-order valence-electron chi connectivity index (χ2n) is 7.15. The lowest BCUT2D eigenvalue weighted by Gasteiger charge is -2.40. The van der Waals surface area contributed by atoms with E-state index in [1.54, 1.807) is 26.0 Å². The third kappa shape index (κ3) is 6.38. The average molecular weight is 416 g/mol. The van der Waals surface area contributed by atoms with Crippen molar-refractivity contribution in [1.82, 2.24) is 10.4 Å². The number of rotatable bonds is 8. The van der Waals surface area contributed by atoms with Gasteiger partial charge in [0.25, 0.3) is 0 Å². The molecule has 2 rings (SSSR count). The van der Waals surface area contributed by atoms with Crippen LogP contribution in [-0.2, 0) is 34.4 Å². The van der Waals surface area contributed by atoms with Crippen molar-refractivity contribution in [3.8, 4) is 0 Å². The first-order valence-electron chi connectivity index (χ1n) is 8.92. The molecular weight excluding hydrogens is 390 g/mol. The van der Waals surface area contributed by atoms with E-state index in [4.69, 9.17) is 9.05 Å². The number of benzene rings is 1. The molecule has 2 atom stereocenters. The van der Waals surface area contributed by atoms with Gasteiger partial charge < -0.3 is 10.1 Å². The van der Waals surface area contributed by atoms with E-state index in [-0.39, 0.29) is 31.9 Å². The molecule has 2 N–H and O–H groups in total. The Labute approximate surface area is 163 Å². The number of amides is 1. The third-order valence-corrected chi connectivity index (χ3v) is 5.86. The van der Waals surface area contributed by atoms with Gasteiger partial charge in [-0.2, -0.15) is 0 Å². The van der Waals surface area contributed by atoms with Crippen molar-refractivity contribution >= 4 is 19.6 Å². The van der Waals surface area contributed by atoms with E-state index < -0.39 is 31.1 Å². The molecule has 1 aliphatic heterocycles. The van der Waals surface area contributed by atoms with Crippen molar-refractivity contribution in [1.29, 1.82) is 0 Å². The predicted molar refractivity (Wildman–Crippen MR) is 100.0 cm³/mol. The van der Waals surface area contributed by atoms with Crippen LogP contribution in [0, 0.1) is 11.2 Å². The molecule has 1 fully saturated rings. The molecule has 156 valence electrons. The summed E-state index contributed by atoms with van der Waals surface area (Å²) in [5.41, 5.74) is 0.150. The summed E-state index contributed by atoms with van der Waals surface area (Å²) in [7, 11) is -2.42. The number of hydrogen-bond donors (Lipinski definition) is 2. The number of carbonyl (C=O) groups excluding carboxylic acids is 2. The topological polar surface area (TPSA) is 103 Å². The molecule has 0 saturated carbocycles. The van der Waals surface area contributed by atoms with Crippen LogP contribution in [0.2, 0.25) is 0 Å². The molecule has 1 amide bonds. The molecule has 0 spiro atoms. The first-order valence-corrected chi connectivity index (χ1v) is 10.5. The molecular formula is C18H26FN2O6P. The van der Waals surface area contributed by atoms with Gasteiger partial charge in [0, 0.05) is 18.5 Å². The lowest BCUT2D eigenvalue weighted by Crippen LogP contribution is -2.50. The Morgan fingerprint density at radius 2 is 1.96 bits per heavy atom. The summed E-state index contributed by atoms with van der Waals surface area (Å²) < 4.78 is 41.2. The van der Waals surface area contributed by atoms with Crippen LogP contribution in [0.1, 0.15) is 25.8 Å². The molecule has 1 unspecified atom stereocenters. The average Bonchev–Trinajstić information content (AvgIpc) is 2.65. The first-order chi connectivity index (χ1) is 13.1. The number of ether oxygens (including phenoxy) is 1. The van der Waals surface area contributed by atoms with E-state index in [1.807, 2.05) is 0 Å². The molecule has 1 aromatic rings. The summed E-state index contributed by atoms with van der Waals surface area (Å²) in [5, 5.41) is 5.32. The Balaban J connectivity index is 1.91. The van der Waals surface area contributed by atoms with Crippen LogP contribution in [0.15, 0.2) is 24.3 Å². The zero-order chi connectivity index (χ0) is 20.8. The summed E-state index contributed by atoms with van der Waals surface area (Å²) >= 11 is 0. The van der Waals surface area contributed by atoms with Gasteiger partial charge in [0.05, 0.1) is 20.1 Å². The van der Waals surface area contributed by atoms with Crippen molar-refractivity contribution in [2.75, 3.05) is 26.8 Å². The fraction of sp³-hybridized carbons (Fsp3) is 0.556. The highest BCUT2D eigenvalue weighted by molar-refractivity contribution is 7.51. The number of esters is 1. The molecule has 10 heteroatoms. The second-order valence-corrected chi connectivity index (χ2v) is 8.93. The predicted octanol–water partition coefficient (Wildman–Crippen LogP) is 2.19. The lowest BCUT2D eigenvalue weighted by molar-refractivity contribution is -0.141. The highest BCUT2D eigenvalue weighted by Crippen LogP contribution is 2.53. The standard InChI is InChI=1S/C18H26FN2O6P/c1-18(2)12-26-28(24,21-11-8-13-4-6-14(19)7-5-13)27-16(18)17(23)20-10-9-15(22)25-3/h4-7,16H,8-12H2,1-3H3,(H,20,23)(H,21,24)/t16-,28?/m0/s1. The number of hydrogen-bond acceptors (Lipinski definition) is 6. The van der Waals surface area contributed by atoms with E-state index >= 15 is 0 Å². The molecule has 28 heavy (non-hydrogen) atoms. The van der Waals surface area contributed by atoms with Gasteiger partial charge in [0.2, 0.25) is 5.91 Å². The summed E-state index contributed by atoms with van der Waals surface area (Å²) in [5.74, 6) is -1.25. The zero-order valence-electron chi connectivity index (χ0n) is 16.2. The van der Waals surface area contributed by atoms with E-state index in [1.165, 1.54) is 19.2 Å². The van der Waals surface area contributed by atoms with Gasteiger partial charge in [-0.15, -0.1) is 0 Å². The van der Waals surface area contributed by atoms with Crippen LogP contribution in [0.25, 0.3) is 0 Å². The van der Waals surface area contributed by atoms with Gasteiger partial charge in [-0.3, -0.25) is 18.6 Å². The summed E-state index contributed by atoms with van der Waals surface area (Å²) in [4.78, 5) is 23.6. The highest BCUT2D eigenvalue weighted by Gasteiger charge is 2.47. The fourth-order valence-corrected chi connectivity index (χ4v) is 4.37. The van der Waals surface area contributed by atoms with Gasteiger partial charge >= 0.3 is 13.7 Å². The Kier molecular flexibility index (Phi) is 7.71. The highest BCUT2D eigenvalue weighted by atomic mass is 31.2. The van der Waals surface area contributed by atoms with Gasteiger partial charge in [-0.1, -0.05) is 26.0 Å². The molecule has 0 aliphatic carbocycles. The Hall–Kier alpha value is -1.80. The lowest BCUT2D eigenvalue weighted by atomic mass is 9.87. The Morgan fingerprint density at radius 1 is 1.29 bits per heavy atom. The normalized spacial score (nSPS) is 23.8. The van der Waals surface area contributed by atoms with Crippen molar-refractivity contribution in [2.45, 2.75) is 32.8 Å². The number of halogens is 1. The molecule has 0 bridgehead atoms. The minimum atomic E-state index is -3.68. The largest absolute Gasteiger partial charge is 0.469 e. The molecule has 8 nitrogen and oxygen atoms in total. The molecule has 0 aromatic heterocycles. The van der Waals surface area contributed by atoms with Gasteiger partial charge in [0.1, 0.15) is 5.82 Å². The van der Waals surface area contributed by atoms with Crippen LogP contribution in [0.4, 0.5) is 4.39 Å². The molecule has 1 aliphatic rings. The molecule has 1 heterocycles. The summed E-state index contributed by atoms with van der Waals surface area (Å²) in [6.07, 6.45) is -0.501. The number of nitrogens with one attached hydrogen (secondary N) is 2. The second kappa shape index (κ2) is 9.60. The van der Waals surface area contributed by atoms with Crippen molar-refractivity contribution in [2.24, 2.45) is 5.41 Å². The van der Waals surface area contributed by atoms with Crippen LogP contribution in [0.5, 0.6) is 0 Å². The van der Waals surface area contributed by atoms with E-state index in [0.717, 1.165) is 5.56 Å². The molecule has 0 radical (unpaired) electrons. The number of carbonyl (C=O) groups is 2. The maximum absolute atomic E-state index is 12.9. The van der Waals surface area contributed by atoms with E-state index in [9.17, 15) is 18.5 Å². The number of methoxy groups -OCH3 is 1. The van der Waals surface area contributed by atoms with Crippen molar-refractivity contribution in [3.05, 3.63) is 35.6 Å². The fourth-order valence-electron chi connectivity index (χ4n) is 2.60. The monoisotopic (exact) mass is 416 g/mol. The molecule has 1 saturated heterocycles. The van der Waals surface area contributed by atoms with Gasteiger partial charge in [-0.05, 0) is 24.1 Å². The molecule has 1 aromatic carbocycles. The van der Waals surface area contributed by atoms with Crippen LogP contribution in [-0.4, -0.2) is 44.8 Å². The van der Waals surface area contributed by atoms with Crippen molar-refractivity contribution in [3.63, 3.8) is 0 Å². The van der Waals surface area contributed by atoms with E-state index in [2.05, 4.69) is 15.1 Å². The zero-order valence-corrected chi connectivity index (χ0v) is 17.1. The maximum atomic E-state index is 12.9. The van der Waals surface area contributed by atoms with Gasteiger partial charge in [0.15, 0.2) is 6.10 Å². The Bertz CT molecular complexity index is 740. The van der Waals surface area contributed by atoms with Crippen LogP contribution >= 0.6 is 7.75 Å². The van der Waals surface area contributed by atoms with Crippen LogP contribution < -0.4 is 10.4 Å². The summed E-state index contributed by atoms with van der Waals surface area (Å²) in [6, 6.07) is 5.97. The Morgan fingerprint density at radius 3 is 2.61 bits per heavy atom. The summed E-state index contributed by atoms with van der Waals surface area (Å²) in [6.45, 7) is 3.94. The van der Waals surface area contributed by atoms with Crippen molar-refractivity contribution < 1.29 is 32.3 Å². The minimum Gasteiger partial charge on any atom is -0.469 e. The minimum absolute atomic E-state index is 0.0273. The first kappa shape index (κ1) is 22.5. The quantitative estimate of drug-likeness (QED) is 0.495. The van der Waals surface area contributed by atoms with E-state index in [0.29, 0.717) is 6.42 Å². The smallest absolute Gasteiger partial charge is 0.406 e.